The Morgan fingerprint density at radius 2 is 2.00 bits per heavy atom. The highest BCUT2D eigenvalue weighted by molar-refractivity contribution is 5.50. The largest absolute Gasteiger partial charge is 0.357 e. The standard InChI is InChI=1S/C10H15N7/c1-11-9-13-7(8-12-5-6-17(8)4)14-10(15-9)16(2)3/h5-6H,1-4H3,(H,11,13,14,15). The summed E-state index contributed by atoms with van der Waals surface area (Å²) in [7, 11) is 7.45. The number of imidazole rings is 1. The second-order valence-corrected chi connectivity index (χ2v) is 3.79. The molecule has 1 N–H and O–H groups in total. The molecule has 7 heteroatoms. The molecule has 0 bridgehead atoms. The van der Waals surface area contributed by atoms with Crippen LogP contribution in [0.4, 0.5) is 11.9 Å². The number of hydrogen-bond donors (Lipinski definition) is 1. The van der Waals surface area contributed by atoms with Crippen molar-refractivity contribution in [3.8, 4) is 11.6 Å². The Bertz CT molecular complexity index is 517. The molecule has 0 saturated carbocycles. The molecule has 0 spiro atoms. The fraction of sp³-hybridized carbons (Fsp3) is 0.400. The maximum absolute atomic E-state index is 4.36. The van der Waals surface area contributed by atoms with Gasteiger partial charge in [0.15, 0.2) is 5.82 Å². The third kappa shape index (κ3) is 2.17. The molecule has 0 radical (unpaired) electrons. The number of aromatic nitrogens is 5. The topological polar surface area (TPSA) is 71.8 Å². The van der Waals surface area contributed by atoms with E-state index in [0.717, 1.165) is 0 Å². The van der Waals surface area contributed by atoms with Crippen molar-refractivity contribution < 1.29 is 0 Å². The summed E-state index contributed by atoms with van der Waals surface area (Å²) < 4.78 is 1.87. The van der Waals surface area contributed by atoms with Crippen LogP contribution in [0.25, 0.3) is 11.6 Å². The average Bonchev–Trinajstić information content (AvgIpc) is 2.74. The van der Waals surface area contributed by atoms with Gasteiger partial charge in [0.2, 0.25) is 17.7 Å². The van der Waals surface area contributed by atoms with Crippen LogP contribution in [0.5, 0.6) is 0 Å². The first-order chi connectivity index (χ1) is 8.11. The van der Waals surface area contributed by atoms with Crippen LogP contribution in [0.15, 0.2) is 12.4 Å². The van der Waals surface area contributed by atoms with E-state index in [2.05, 4.69) is 25.3 Å². The van der Waals surface area contributed by atoms with Gasteiger partial charge in [-0.1, -0.05) is 0 Å². The Balaban J connectivity index is 2.54. The third-order valence-corrected chi connectivity index (χ3v) is 2.27. The zero-order chi connectivity index (χ0) is 12.4. The summed E-state index contributed by atoms with van der Waals surface area (Å²) in [6.45, 7) is 0. The molecular formula is C10H15N7. The Kier molecular flexibility index (Phi) is 2.90. The van der Waals surface area contributed by atoms with Gasteiger partial charge in [0.25, 0.3) is 0 Å². The fourth-order valence-electron chi connectivity index (χ4n) is 1.36. The van der Waals surface area contributed by atoms with Crippen LogP contribution >= 0.6 is 0 Å². The normalized spacial score (nSPS) is 10.4. The minimum absolute atomic E-state index is 0.529. The Morgan fingerprint density at radius 1 is 1.24 bits per heavy atom. The van der Waals surface area contributed by atoms with Crippen LogP contribution in [-0.4, -0.2) is 45.6 Å². The number of rotatable bonds is 3. The van der Waals surface area contributed by atoms with Crippen LogP contribution in [0.1, 0.15) is 0 Å². The van der Waals surface area contributed by atoms with E-state index in [4.69, 9.17) is 0 Å². The number of nitrogens with zero attached hydrogens (tertiary/aromatic N) is 6. The maximum Gasteiger partial charge on any atom is 0.230 e. The SMILES string of the molecule is CNc1nc(-c2nccn2C)nc(N(C)C)n1. The lowest BCUT2D eigenvalue weighted by Gasteiger charge is -2.12. The molecule has 0 aliphatic carbocycles. The molecule has 0 amide bonds. The molecule has 0 aliphatic heterocycles. The molecule has 0 aliphatic rings. The smallest absolute Gasteiger partial charge is 0.230 e. The number of hydrogen-bond acceptors (Lipinski definition) is 6. The van der Waals surface area contributed by atoms with Gasteiger partial charge < -0.3 is 14.8 Å². The van der Waals surface area contributed by atoms with Gasteiger partial charge in [0, 0.05) is 40.6 Å². The lowest BCUT2D eigenvalue weighted by molar-refractivity contribution is 0.889. The van der Waals surface area contributed by atoms with E-state index in [9.17, 15) is 0 Å². The van der Waals surface area contributed by atoms with Gasteiger partial charge in [-0.05, 0) is 0 Å². The minimum atomic E-state index is 0.529. The third-order valence-electron chi connectivity index (χ3n) is 2.27. The zero-order valence-electron chi connectivity index (χ0n) is 10.3. The van der Waals surface area contributed by atoms with E-state index in [1.807, 2.05) is 36.8 Å². The highest BCUT2D eigenvalue weighted by Gasteiger charge is 2.12. The molecular weight excluding hydrogens is 218 g/mol. The number of anilines is 2. The predicted molar refractivity (Wildman–Crippen MR) is 65.9 cm³/mol. The minimum Gasteiger partial charge on any atom is -0.357 e. The molecule has 90 valence electrons. The Labute approximate surface area is 99.6 Å². The van der Waals surface area contributed by atoms with Crippen molar-refractivity contribution in [3.63, 3.8) is 0 Å². The van der Waals surface area contributed by atoms with Crippen molar-refractivity contribution in [2.45, 2.75) is 0 Å². The van der Waals surface area contributed by atoms with E-state index < -0.39 is 0 Å². The first-order valence-corrected chi connectivity index (χ1v) is 5.20. The predicted octanol–water partition coefficient (Wildman–Crippen LogP) is 0.380. The van der Waals surface area contributed by atoms with Crippen LogP contribution in [0.2, 0.25) is 0 Å². The molecule has 2 heterocycles. The van der Waals surface area contributed by atoms with E-state index in [-0.39, 0.29) is 0 Å². The Morgan fingerprint density at radius 3 is 2.53 bits per heavy atom. The highest BCUT2D eigenvalue weighted by Crippen LogP contribution is 2.16. The lowest BCUT2D eigenvalue weighted by atomic mass is 10.5. The molecule has 0 saturated heterocycles. The van der Waals surface area contributed by atoms with Crippen molar-refractivity contribution in [2.75, 3.05) is 31.4 Å². The second kappa shape index (κ2) is 4.36. The van der Waals surface area contributed by atoms with Gasteiger partial charge in [-0.15, -0.1) is 0 Å². The molecule has 17 heavy (non-hydrogen) atoms. The van der Waals surface area contributed by atoms with Crippen LogP contribution in [0, 0.1) is 0 Å². The highest BCUT2D eigenvalue weighted by atomic mass is 15.3. The first kappa shape index (κ1) is 11.3. The van der Waals surface area contributed by atoms with E-state index >= 15 is 0 Å². The average molecular weight is 233 g/mol. The molecule has 0 unspecified atom stereocenters. The summed E-state index contributed by atoms with van der Waals surface area (Å²) in [4.78, 5) is 19.0. The maximum atomic E-state index is 4.36. The van der Waals surface area contributed by atoms with E-state index in [1.165, 1.54) is 0 Å². The monoisotopic (exact) mass is 233 g/mol. The quantitative estimate of drug-likeness (QED) is 0.826. The van der Waals surface area contributed by atoms with Gasteiger partial charge in [-0.25, -0.2) is 4.98 Å². The zero-order valence-corrected chi connectivity index (χ0v) is 10.3. The van der Waals surface area contributed by atoms with Crippen LogP contribution in [-0.2, 0) is 7.05 Å². The fourth-order valence-corrected chi connectivity index (χ4v) is 1.36. The van der Waals surface area contributed by atoms with Gasteiger partial charge in [0.05, 0.1) is 0 Å². The van der Waals surface area contributed by atoms with Crippen LogP contribution in [0.3, 0.4) is 0 Å². The van der Waals surface area contributed by atoms with Gasteiger partial charge >= 0.3 is 0 Å². The molecule has 0 atom stereocenters. The van der Waals surface area contributed by atoms with Crippen molar-refractivity contribution in [1.82, 2.24) is 24.5 Å². The van der Waals surface area contributed by atoms with Crippen molar-refractivity contribution >= 4 is 11.9 Å². The number of aryl methyl sites for hydroxylation is 1. The summed E-state index contributed by atoms with van der Waals surface area (Å²) in [5, 5.41) is 2.92. The van der Waals surface area contributed by atoms with Gasteiger partial charge in [-0.2, -0.15) is 15.0 Å². The summed E-state index contributed by atoms with van der Waals surface area (Å²) in [6, 6.07) is 0. The van der Waals surface area contributed by atoms with Crippen LogP contribution < -0.4 is 10.2 Å². The lowest BCUT2D eigenvalue weighted by Crippen LogP contribution is -2.15. The molecule has 7 nitrogen and oxygen atoms in total. The molecule has 2 aromatic rings. The summed E-state index contributed by atoms with van der Waals surface area (Å²) >= 11 is 0. The van der Waals surface area contributed by atoms with Crippen molar-refractivity contribution in [3.05, 3.63) is 12.4 Å². The first-order valence-electron chi connectivity index (χ1n) is 5.20. The molecule has 2 rings (SSSR count). The number of nitrogens with one attached hydrogen (secondary N) is 1. The second-order valence-electron chi connectivity index (χ2n) is 3.79. The summed E-state index contributed by atoms with van der Waals surface area (Å²) in [5.41, 5.74) is 0. The molecule has 2 aromatic heterocycles. The Hall–Kier alpha value is -2.18. The van der Waals surface area contributed by atoms with Crippen molar-refractivity contribution in [1.29, 1.82) is 0 Å². The summed E-state index contributed by atoms with van der Waals surface area (Å²) in [5.74, 6) is 2.40. The van der Waals surface area contributed by atoms with Crippen molar-refractivity contribution in [2.24, 2.45) is 7.05 Å². The summed E-state index contributed by atoms with van der Waals surface area (Å²) in [6.07, 6.45) is 3.57. The van der Waals surface area contributed by atoms with Gasteiger partial charge in [-0.3, -0.25) is 0 Å². The molecule has 0 aromatic carbocycles. The van der Waals surface area contributed by atoms with E-state index in [1.54, 1.807) is 13.2 Å². The van der Waals surface area contributed by atoms with E-state index in [0.29, 0.717) is 23.5 Å². The van der Waals surface area contributed by atoms with Gasteiger partial charge in [0.1, 0.15) is 0 Å². The molecule has 0 fully saturated rings.